The molecule has 1 aromatic rings. The molecule has 1 aromatic carbocycles. The standard InChI is InChI=1S/C29H43N3O8/c1-6-17(3)25(30)28(37)32-14-13-22(39-19(5)33)26(32)23(16-24(34)35)40-29(38)21(31-27(36)18(4)7-2)15-20-11-9-8-10-12-20/h8-12,17-18,21-23,25-26H,6-7,13-16,30H2,1-5H3,(H,31,36)(H,34,35)/t17-,18?,21-,22+,23-,25-,26-/m0/s1. The Labute approximate surface area is 235 Å². The first kappa shape index (κ1) is 32.7. The number of carboxylic acid groups (broad SMARTS) is 1. The zero-order chi connectivity index (χ0) is 30.0. The second-order valence-electron chi connectivity index (χ2n) is 10.5. The van der Waals surface area contributed by atoms with Gasteiger partial charge in [-0.1, -0.05) is 64.4 Å². The van der Waals surface area contributed by atoms with Gasteiger partial charge in [0, 0.05) is 32.2 Å². The molecule has 1 saturated heterocycles. The molecule has 1 fully saturated rings. The van der Waals surface area contributed by atoms with Crippen LogP contribution in [0.1, 0.15) is 65.9 Å². The predicted molar refractivity (Wildman–Crippen MR) is 147 cm³/mol. The van der Waals surface area contributed by atoms with E-state index in [2.05, 4.69) is 5.32 Å². The van der Waals surface area contributed by atoms with Gasteiger partial charge in [0.1, 0.15) is 24.3 Å². The molecule has 0 radical (unpaired) electrons. The van der Waals surface area contributed by atoms with Crippen LogP contribution in [0.3, 0.4) is 0 Å². The van der Waals surface area contributed by atoms with E-state index in [1.807, 2.05) is 26.8 Å². The van der Waals surface area contributed by atoms with Gasteiger partial charge < -0.3 is 30.5 Å². The van der Waals surface area contributed by atoms with Gasteiger partial charge >= 0.3 is 17.9 Å². The van der Waals surface area contributed by atoms with E-state index in [4.69, 9.17) is 15.2 Å². The summed E-state index contributed by atoms with van der Waals surface area (Å²) < 4.78 is 11.2. The lowest BCUT2D eigenvalue weighted by Gasteiger charge is -2.36. The van der Waals surface area contributed by atoms with Gasteiger partial charge in [0.25, 0.3) is 0 Å². The van der Waals surface area contributed by atoms with E-state index < -0.39 is 60.6 Å². The molecule has 0 aliphatic carbocycles. The van der Waals surface area contributed by atoms with Crippen molar-refractivity contribution in [2.24, 2.45) is 17.6 Å². The highest BCUT2D eigenvalue weighted by Crippen LogP contribution is 2.29. The molecule has 0 spiro atoms. The molecule has 0 aromatic heterocycles. The number of carbonyl (C=O) groups excluding carboxylic acids is 4. The van der Waals surface area contributed by atoms with Crippen molar-refractivity contribution in [3.05, 3.63) is 35.9 Å². The molecule has 4 N–H and O–H groups in total. The van der Waals surface area contributed by atoms with Crippen LogP contribution in [0, 0.1) is 11.8 Å². The highest BCUT2D eigenvalue weighted by Gasteiger charge is 2.48. The molecule has 1 aliphatic rings. The van der Waals surface area contributed by atoms with Crippen LogP contribution in [-0.2, 0) is 39.9 Å². The van der Waals surface area contributed by atoms with Gasteiger partial charge in [0.15, 0.2) is 0 Å². The fourth-order valence-corrected chi connectivity index (χ4v) is 4.69. The number of hydrogen-bond donors (Lipinski definition) is 3. The molecule has 1 aliphatic heterocycles. The Kier molecular flexibility index (Phi) is 12.6. The normalized spacial score (nSPS) is 20.5. The topological polar surface area (TPSA) is 165 Å². The minimum Gasteiger partial charge on any atom is -0.481 e. The first-order chi connectivity index (χ1) is 18.9. The number of aliphatic carboxylic acids is 1. The lowest BCUT2D eigenvalue weighted by molar-refractivity contribution is -0.167. The molecule has 0 saturated carbocycles. The number of ether oxygens (including phenoxy) is 2. The molecule has 2 rings (SSSR count). The molecule has 40 heavy (non-hydrogen) atoms. The van der Waals surface area contributed by atoms with Crippen LogP contribution in [0.4, 0.5) is 0 Å². The summed E-state index contributed by atoms with van der Waals surface area (Å²) in [6.07, 6.45) is -1.36. The Morgan fingerprint density at radius 2 is 1.75 bits per heavy atom. The number of rotatable bonds is 14. The average molecular weight is 562 g/mol. The van der Waals surface area contributed by atoms with E-state index in [0.717, 1.165) is 5.56 Å². The van der Waals surface area contributed by atoms with Crippen molar-refractivity contribution in [3.8, 4) is 0 Å². The van der Waals surface area contributed by atoms with Crippen molar-refractivity contribution in [2.75, 3.05) is 6.54 Å². The van der Waals surface area contributed by atoms with Crippen molar-refractivity contribution in [2.45, 2.75) is 97.1 Å². The fourth-order valence-electron chi connectivity index (χ4n) is 4.69. The van der Waals surface area contributed by atoms with E-state index in [0.29, 0.717) is 12.8 Å². The van der Waals surface area contributed by atoms with Gasteiger partial charge in [-0.15, -0.1) is 0 Å². The lowest BCUT2D eigenvalue weighted by atomic mass is 9.97. The molecule has 2 amide bonds. The monoisotopic (exact) mass is 561 g/mol. The summed E-state index contributed by atoms with van der Waals surface area (Å²) in [5, 5.41) is 12.4. The molecule has 11 nitrogen and oxygen atoms in total. The van der Waals surface area contributed by atoms with Gasteiger partial charge in [-0.2, -0.15) is 0 Å². The van der Waals surface area contributed by atoms with Gasteiger partial charge in [0.05, 0.1) is 12.5 Å². The Morgan fingerprint density at radius 1 is 1.10 bits per heavy atom. The summed E-state index contributed by atoms with van der Waals surface area (Å²) in [6.45, 7) is 8.68. The summed E-state index contributed by atoms with van der Waals surface area (Å²) in [6, 6.07) is 5.98. The van der Waals surface area contributed by atoms with E-state index >= 15 is 0 Å². The summed E-state index contributed by atoms with van der Waals surface area (Å²) in [5.74, 6) is -4.03. The van der Waals surface area contributed by atoms with Crippen molar-refractivity contribution in [3.63, 3.8) is 0 Å². The number of hydrogen-bond acceptors (Lipinski definition) is 8. The Bertz CT molecular complexity index is 1030. The SMILES string of the molecule is CCC(C)C(=O)N[C@@H](Cc1ccccc1)C(=O)O[C@@H](CC(=O)O)[C@@H]1[C@H](OC(C)=O)CCN1C(=O)[C@@H](N)[C@@H](C)CC. The van der Waals surface area contributed by atoms with Crippen LogP contribution >= 0.6 is 0 Å². The molecule has 11 heteroatoms. The lowest BCUT2D eigenvalue weighted by Crippen LogP contribution is -2.56. The summed E-state index contributed by atoms with van der Waals surface area (Å²) in [5.41, 5.74) is 6.99. The molecular formula is C29H43N3O8. The maximum atomic E-state index is 13.6. The minimum absolute atomic E-state index is 0.112. The summed E-state index contributed by atoms with van der Waals surface area (Å²) >= 11 is 0. The third-order valence-electron chi connectivity index (χ3n) is 7.51. The largest absolute Gasteiger partial charge is 0.481 e. The molecule has 1 unspecified atom stereocenters. The first-order valence-electron chi connectivity index (χ1n) is 13.9. The Morgan fingerprint density at radius 3 is 2.30 bits per heavy atom. The highest BCUT2D eigenvalue weighted by molar-refractivity contribution is 5.86. The predicted octanol–water partition coefficient (Wildman–Crippen LogP) is 2.05. The van der Waals surface area contributed by atoms with Crippen LogP contribution in [0.15, 0.2) is 30.3 Å². The van der Waals surface area contributed by atoms with E-state index in [1.165, 1.54) is 11.8 Å². The van der Waals surface area contributed by atoms with Gasteiger partial charge in [-0.25, -0.2) is 4.79 Å². The van der Waals surface area contributed by atoms with Crippen molar-refractivity contribution in [1.29, 1.82) is 0 Å². The van der Waals surface area contributed by atoms with Crippen LogP contribution < -0.4 is 11.1 Å². The molecular weight excluding hydrogens is 518 g/mol. The Hall–Kier alpha value is -3.47. The quantitative estimate of drug-likeness (QED) is 0.288. The zero-order valence-corrected chi connectivity index (χ0v) is 24.0. The maximum Gasteiger partial charge on any atom is 0.329 e. The number of nitrogens with zero attached hydrogens (tertiary/aromatic N) is 1. The molecule has 222 valence electrons. The summed E-state index contributed by atoms with van der Waals surface area (Å²) in [7, 11) is 0. The number of carboxylic acids is 1. The third-order valence-corrected chi connectivity index (χ3v) is 7.51. The van der Waals surface area contributed by atoms with Gasteiger partial charge in [-0.3, -0.25) is 19.2 Å². The van der Waals surface area contributed by atoms with Crippen molar-refractivity contribution in [1.82, 2.24) is 10.2 Å². The van der Waals surface area contributed by atoms with E-state index in [-0.39, 0.29) is 37.1 Å². The number of carbonyl (C=O) groups is 5. The number of nitrogens with one attached hydrogen (secondary N) is 1. The van der Waals surface area contributed by atoms with Gasteiger partial charge in [-0.05, 0) is 17.9 Å². The molecule has 1 heterocycles. The smallest absolute Gasteiger partial charge is 0.329 e. The van der Waals surface area contributed by atoms with Crippen LogP contribution in [0.5, 0.6) is 0 Å². The van der Waals surface area contributed by atoms with E-state index in [1.54, 1.807) is 31.2 Å². The van der Waals surface area contributed by atoms with Crippen molar-refractivity contribution >= 4 is 29.7 Å². The van der Waals surface area contributed by atoms with Crippen molar-refractivity contribution < 1.29 is 38.6 Å². The minimum atomic E-state index is -1.36. The van der Waals surface area contributed by atoms with Crippen LogP contribution in [0.2, 0.25) is 0 Å². The maximum absolute atomic E-state index is 13.6. The number of likely N-dealkylation sites (tertiary alicyclic amines) is 1. The average Bonchev–Trinajstić information content (AvgIpc) is 3.33. The highest BCUT2D eigenvalue weighted by atomic mass is 16.6. The zero-order valence-electron chi connectivity index (χ0n) is 24.0. The third kappa shape index (κ3) is 9.04. The van der Waals surface area contributed by atoms with Gasteiger partial charge in [0.2, 0.25) is 11.8 Å². The molecule has 7 atom stereocenters. The van der Waals surface area contributed by atoms with Crippen LogP contribution in [0.25, 0.3) is 0 Å². The first-order valence-corrected chi connectivity index (χ1v) is 13.9. The van der Waals surface area contributed by atoms with E-state index in [9.17, 15) is 29.1 Å². The Balaban J connectivity index is 2.43. The number of esters is 2. The van der Waals surface area contributed by atoms with Crippen LogP contribution in [-0.4, -0.2) is 76.6 Å². The number of nitrogens with two attached hydrogens (primary N) is 1. The second-order valence-corrected chi connectivity index (χ2v) is 10.5. The fraction of sp³-hybridized carbons (Fsp3) is 0.621. The number of benzene rings is 1. The molecule has 0 bridgehead atoms. The summed E-state index contributed by atoms with van der Waals surface area (Å²) in [4.78, 5) is 64.9. The second kappa shape index (κ2) is 15.4. The number of amides is 2.